The van der Waals surface area contributed by atoms with Crippen molar-refractivity contribution in [3.05, 3.63) is 57.6 Å². The van der Waals surface area contributed by atoms with Gasteiger partial charge in [-0.15, -0.1) is 0 Å². The third-order valence-electron chi connectivity index (χ3n) is 3.94. The van der Waals surface area contributed by atoms with Crippen LogP contribution in [0.25, 0.3) is 0 Å². The van der Waals surface area contributed by atoms with Gasteiger partial charge in [-0.3, -0.25) is 9.59 Å². The maximum atomic E-state index is 12.3. The highest BCUT2D eigenvalue weighted by molar-refractivity contribution is 14.1. The first-order chi connectivity index (χ1) is 11.1. The number of halogens is 1. The van der Waals surface area contributed by atoms with Gasteiger partial charge in [-0.2, -0.15) is 0 Å². The summed E-state index contributed by atoms with van der Waals surface area (Å²) in [6.07, 6.45) is 3.01. The molecule has 0 spiro atoms. The lowest BCUT2D eigenvalue weighted by atomic mass is 10.0. The Morgan fingerprint density at radius 3 is 2.61 bits per heavy atom. The van der Waals surface area contributed by atoms with Crippen LogP contribution in [-0.2, 0) is 0 Å². The topological polar surface area (TPSA) is 62.6 Å². The predicted octanol–water partition coefficient (Wildman–Crippen LogP) is 2.92. The number of carbonyl (C=O) groups excluding carboxylic acids is 2. The molecule has 6 heteroatoms. The van der Waals surface area contributed by atoms with Crippen LogP contribution in [0.2, 0.25) is 0 Å². The van der Waals surface area contributed by atoms with Crippen LogP contribution in [0.1, 0.15) is 33.8 Å². The molecule has 2 aromatic rings. The van der Waals surface area contributed by atoms with Crippen LogP contribution < -0.4 is 5.32 Å². The minimum atomic E-state index is -0.0858. The molecule has 1 fully saturated rings. The first kappa shape index (κ1) is 16.0. The summed E-state index contributed by atoms with van der Waals surface area (Å²) in [4.78, 5) is 26.2. The average Bonchev–Trinajstić information content (AvgIpc) is 3.09. The number of amides is 2. The number of nitrogens with zero attached hydrogens (tertiary/aromatic N) is 1. The molecule has 5 nitrogen and oxygen atoms in total. The summed E-state index contributed by atoms with van der Waals surface area (Å²) in [5.41, 5.74) is 0.672. The number of hydrogen-bond donors (Lipinski definition) is 1. The van der Waals surface area contributed by atoms with Crippen molar-refractivity contribution in [2.24, 2.45) is 0 Å². The molecule has 2 heterocycles. The minimum absolute atomic E-state index is 0.0562. The fourth-order valence-corrected chi connectivity index (χ4v) is 3.22. The Hall–Kier alpha value is -1.83. The summed E-state index contributed by atoms with van der Waals surface area (Å²) in [5, 5.41) is 3.05. The van der Waals surface area contributed by atoms with Gasteiger partial charge in [0.1, 0.15) is 0 Å². The zero-order valence-corrected chi connectivity index (χ0v) is 14.7. The standard InChI is InChI=1S/C17H17IN2O3/c18-13-4-1-3-12(11-13)16(21)19-14-6-8-20(9-7-14)17(22)15-5-2-10-23-15/h1-5,10-11,14H,6-9H2,(H,19,21). The normalized spacial score (nSPS) is 15.4. The van der Waals surface area contributed by atoms with Gasteiger partial charge in [0.2, 0.25) is 0 Å². The highest BCUT2D eigenvalue weighted by Crippen LogP contribution is 2.15. The van der Waals surface area contributed by atoms with Gasteiger partial charge < -0.3 is 14.6 Å². The largest absolute Gasteiger partial charge is 0.459 e. The van der Waals surface area contributed by atoms with Crippen molar-refractivity contribution in [3.8, 4) is 0 Å². The molecule has 1 aliphatic rings. The molecule has 0 unspecified atom stereocenters. The molecule has 1 aliphatic heterocycles. The molecule has 1 aromatic carbocycles. The Balaban J connectivity index is 1.53. The Labute approximate surface area is 148 Å². The third kappa shape index (κ3) is 3.93. The Bertz CT molecular complexity index is 692. The van der Waals surface area contributed by atoms with Crippen molar-refractivity contribution >= 4 is 34.4 Å². The highest BCUT2D eigenvalue weighted by Gasteiger charge is 2.26. The molecule has 1 N–H and O–H groups in total. The number of rotatable bonds is 3. The van der Waals surface area contributed by atoms with E-state index in [1.807, 2.05) is 24.3 Å². The van der Waals surface area contributed by atoms with Crippen molar-refractivity contribution in [1.29, 1.82) is 0 Å². The van der Waals surface area contributed by atoms with Crippen LogP contribution in [0.4, 0.5) is 0 Å². The van der Waals surface area contributed by atoms with Gasteiger partial charge in [0, 0.05) is 28.3 Å². The minimum Gasteiger partial charge on any atom is -0.459 e. The van der Waals surface area contributed by atoms with Crippen LogP contribution in [0, 0.1) is 3.57 Å². The van der Waals surface area contributed by atoms with Crippen LogP contribution >= 0.6 is 22.6 Å². The number of benzene rings is 1. The number of hydrogen-bond acceptors (Lipinski definition) is 3. The highest BCUT2D eigenvalue weighted by atomic mass is 127. The number of likely N-dealkylation sites (tertiary alicyclic amines) is 1. The van der Waals surface area contributed by atoms with Gasteiger partial charge >= 0.3 is 0 Å². The van der Waals surface area contributed by atoms with Gasteiger partial charge in [-0.1, -0.05) is 6.07 Å². The van der Waals surface area contributed by atoms with Gasteiger partial charge in [-0.25, -0.2) is 0 Å². The summed E-state index contributed by atoms with van der Waals surface area (Å²) in [6, 6.07) is 11.0. The smallest absolute Gasteiger partial charge is 0.289 e. The van der Waals surface area contributed by atoms with Gasteiger partial charge in [-0.05, 0) is 65.8 Å². The maximum absolute atomic E-state index is 12.3. The summed E-state index contributed by atoms with van der Waals surface area (Å²) in [6.45, 7) is 1.24. The molecule has 120 valence electrons. The molecule has 2 amide bonds. The van der Waals surface area contributed by atoms with E-state index >= 15 is 0 Å². The van der Waals surface area contributed by atoms with Crippen LogP contribution in [0.3, 0.4) is 0 Å². The molecular weight excluding hydrogens is 407 g/mol. The van der Waals surface area contributed by atoms with Crippen molar-refractivity contribution in [2.75, 3.05) is 13.1 Å². The second-order valence-electron chi connectivity index (χ2n) is 5.53. The first-order valence-corrected chi connectivity index (χ1v) is 8.60. The number of furan rings is 1. The molecule has 0 atom stereocenters. The molecule has 0 radical (unpaired) electrons. The monoisotopic (exact) mass is 424 g/mol. The quantitative estimate of drug-likeness (QED) is 0.771. The van der Waals surface area contributed by atoms with E-state index in [9.17, 15) is 9.59 Å². The molecule has 0 saturated carbocycles. The molecule has 1 saturated heterocycles. The van der Waals surface area contributed by atoms with Gasteiger partial charge in [0.25, 0.3) is 11.8 Å². The fourth-order valence-electron chi connectivity index (χ4n) is 2.68. The van der Waals surface area contributed by atoms with Crippen molar-refractivity contribution < 1.29 is 14.0 Å². The predicted molar refractivity (Wildman–Crippen MR) is 94.3 cm³/mol. The van der Waals surface area contributed by atoms with E-state index in [1.54, 1.807) is 17.0 Å². The SMILES string of the molecule is O=C(NC1CCN(C(=O)c2ccco2)CC1)c1cccc(I)c1. The van der Waals surface area contributed by atoms with E-state index in [0.717, 1.165) is 16.4 Å². The summed E-state index contributed by atoms with van der Waals surface area (Å²) < 4.78 is 6.18. The van der Waals surface area contributed by atoms with Crippen LogP contribution in [0.5, 0.6) is 0 Å². The summed E-state index contributed by atoms with van der Waals surface area (Å²) >= 11 is 2.19. The Morgan fingerprint density at radius 1 is 1.17 bits per heavy atom. The third-order valence-corrected chi connectivity index (χ3v) is 4.61. The maximum Gasteiger partial charge on any atom is 0.289 e. The van der Waals surface area contributed by atoms with Crippen molar-refractivity contribution in [1.82, 2.24) is 10.2 Å². The molecule has 23 heavy (non-hydrogen) atoms. The number of piperidine rings is 1. The fraction of sp³-hybridized carbons (Fsp3) is 0.294. The van der Waals surface area contributed by atoms with E-state index in [1.165, 1.54) is 6.26 Å². The molecular formula is C17H17IN2O3. The molecule has 0 bridgehead atoms. The lowest BCUT2D eigenvalue weighted by Crippen LogP contribution is -2.46. The molecule has 1 aromatic heterocycles. The first-order valence-electron chi connectivity index (χ1n) is 7.52. The zero-order valence-electron chi connectivity index (χ0n) is 12.5. The molecule has 0 aliphatic carbocycles. The number of carbonyl (C=O) groups is 2. The zero-order chi connectivity index (χ0) is 16.2. The van der Waals surface area contributed by atoms with Crippen LogP contribution in [0.15, 0.2) is 47.1 Å². The lowest BCUT2D eigenvalue weighted by Gasteiger charge is -2.31. The van der Waals surface area contributed by atoms with Crippen molar-refractivity contribution in [2.45, 2.75) is 18.9 Å². The van der Waals surface area contributed by atoms with Gasteiger partial charge in [0.05, 0.1) is 6.26 Å². The molecule has 3 rings (SSSR count). The van der Waals surface area contributed by atoms with Crippen LogP contribution in [-0.4, -0.2) is 35.8 Å². The summed E-state index contributed by atoms with van der Waals surface area (Å²) in [5.74, 6) is 0.225. The number of nitrogens with one attached hydrogen (secondary N) is 1. The van der Waals surface area contributed by atoms with E-state index in [0.29, 0.717) is 24.4 Å². The van der Waals surface area contributed by atoms with E-state index in [2.05, 4.69) is 27.9 Å². The van der Waals surface area contributed by atoms with E-state index < -0.39 is 0 Å². The van der Waals surface area contributed by atoms with Crippen molar-refractivity contribution in [3.63, 3.8) is 0 Å². The van der Waals surface area contributed by atoms with Gasteiger partial charge in [0.15, 0.2) is 5.76 Å². The average molecular weight is 424 g/mol. The van der Waals surface area contributed by atoms with E-state index in [4.69, 9.17) is 4.42 Å². The summed E-state index contributed by atoms with van der Waals surface area (Å²) in [7, 11) is 0. The Kier molecular flexibility index (Phi) is 5.00. The lowest BCUT2D eigenvalue weighted by molar-refractivity contribution is 0.0667. The second-order valence-corrected chi connectivity index (χ2v) is 6.77. The van der Waals surface area contributed by atoms with E-state index in [-0.39, 0.29) is 17.9 Å². The second kappa shape index (κ2) is 7.16. The Morgan fingerprint density at radius 2 is 1.96 bits per heavy atom.